The van der Waals surface area contributed by atoms with Gasteiger partial charge in [-0.15, -0.1) is 10.2 Å². The number of carbonyl (C=O) groups excluding carboxylic acids is 1. The van der Waals surface area contributed by atoms with Gasteiger partial charge in [0.25, 0.3) is 0 Å². The Hall–Kier alpha value is -3.65. The zero-order chi connectivity index (χ0) is 23.2. The van der Waals surface area contributed by atoms with Crippen molar-refractivity contribution >= 4 is 23.4 Å². The van der Waals surface area contributed by atoms with Gasteiger partial charge in [-0.05, 0) is 62.4 Å². The SMILES string of the molecule is CCOc1ccc(-n2c(SCC(=O)Nc3ccc(F)cc3)nnc2-c2ccc(C)cc2)cc1. The number of nitrogens with one attached hydrogen (secondary N) is 1. The average Bonchev–Trinajstić information content (AvgIpc) is 3.24. The highest BCUT2D eigenvalue weighted by molar-refractivity contribution is 7.99. The first kappa shape index (κ1) is 22.5. The highest BCUT2D eigenvalue weighted by Gasteiger charge is 2.17. The van der Waals surface area contributed by atoms with Crippen molar-refractivity contribution < 1.29 is 13.9 Å². The lowest BCUT2D eigenvalue weighted by molar-refractivity contribution is -0.113. The number of aryl methyl sites for hydroxylation is 1. The molecule has 3 aromatic carbocycles. The zero-order valence-electron chi connectivity index (χ0n) is 18.3. The Morgan fingerprint density at radius 1 is 1.00 bits per heavy atom. The fraction of sp³-hybridized carbons (Fsp3) is 0.160. The molecule has 0 aliphatic carbocycles. The van der Waals surface area contributed by atoms with Gasteiger partial charge in [0, 0.05) is 16.9 Å². The number of carbonyl (C=O) groups is 1. The number of benzene rings is 3. The van der Waals surface area contributed by atoms with Gasteiger partial charge in [0.2, 0.25) is 5.91 Å². The molecule has 0 saturated heterocycles. The van der Waals surface area contributed by atoms with Crippen LogP contribution in [0.5, 0.6) is 5.75 Å². The van der Waals surface area contributed by atoms with Crippen LogP contribution in [-0.2, 0) is 4.79 Å². The molecular weight excluding hydrogens is 439 g/mol. The molecule has 4 aromatic rings. The van der Waals surface area contributed by atoms with Crippen LogP contribution in [0.4, 0.5) is 10.1 Å². The molecule has 0 atom stereocenters. The third-order valence-electron chi connectivity index (χ3n) is 4.81. The summed E-state index contributed by atoms with van der Waals surface area (Å²) in [6, 6.07) is 21.4. The number of anilines is 1. The Kier molecular flexibility index (Phi) is 7.04. The molecule has 1 heterocycles. The van der Waals surface area contributed by atoms with Gasteiger partial charge in [0.05, 0.1) is 12.4 Å². The van der Waals surface area contributed by atoms with E-state index in [0.29, 0.717) is 23.3 Å². The molecule has 0 radical (unpaired) electrons. The van der Waals surface area contributed by atoms with E-state index < -0.39 is 0 Å². The summed E-state index contributed by atoms with van der Waals surface area (Å²) < 4.78 is 20.6. The summed E-state index contributed by atoms with van der Waals surface area (Å²) in [4.78, 5) is 12.4. The van der Waals surface area contributed by atoms with Gasteiger partial charge in [-0.2, -0.15) is 0 Å². The molecule has 4 rings (SSSR count). The zero-order valence-corrected chi connectivity index (χ0v) is 19.1. The van der Waals surface area contributed by atoms with Crippen LogP contribution in [0.2, 0.25) is 0 Å². The monoisotopic (exact) mass is 462 g/mol. The van der Waals surface area contributed by atoms with Crippen molar-refractivity contribution in [2.45, 2.75) is 19.0 Å². The Bertz CT molecular complexity index is 1220. The van der Waals surface area contributed by atoms with Crippen LogP contribution in [-0.4, -0.2) is 33.0 Å². The van der Waals surface area contributed by atoms with Gasteiger partial charge in [0.1, 0.15) is 11.6 Å². The molecule has 8 heteroatoms. The quantitative estimate of drug-likeness (QED) is 0.350. The third-order valence-corrected chi connectivity index (χ3v) is 5.74. The molecular formula is C25H23FN4O2S. The summed E-state index contributed by atoms with van der Waals surface area (Å²) in [7, 11) is 0. The number of amides is 1. The molecule has 1 amide bonds. The van der Waals surface area contributed by atoms with Crippen LogP contribution >= 0.6 is 11.8 Å². The van der Waals surface area contributed by atoms with Crippen LogP contribution < -0.4 is 10.1 Å². The first-order valence-corrected chi connectivity index (χ1v) is 11.5. The highest BCUT2D eigenvalue weighted by Crippen LogP contribution is 2.29. The van der Waals surface area contributed by atoms with Gasteiger partial charge < -0.3 is 10.1 Å². The van der Waals surface area contributed by atoms with Crippen LogP contribution in [0, 0.1) is 12.7 Å². The highest BCUT2D eigenvalue weighted by atomic mass is 32.2. The molecule has 0 bridgehead atoms. The average molecular weight is 463 g/mol. The van der Waals surface area contributed by atoms with E-state index in [-0.39, 0.29) is 17.5 Å². The number of thioether (sulfide) groups is 1. The van der Waals surface area contributed by atoms with Gasteiger partial charge in [-0.25, -0.2) is 4.39 Å². The predicted octanol–water partition coefficient (Wildman–Crippen LogP) is 5.51. The minimum absolute atomic E-state index is 0.125. The maximum Gasteiger partial charge on any atom is 0.234 e. The fourth-order valence-corrected chi connectivity index (χ4v) is 3.96. The van der Waals surface area contributed by atoms with Gasteiger partial charge >= 0.3 is 0 Å². The molecule has 168 valence electrons. The molecule has 0 aliphatic heterocycles. The van der Waals surface area contributed by atoms with E-state index in [2.05, 4.69) is 15.5 Å². The largest absolute Gasteiger partial charge is 0.494 e. The fourth-order valence-electron chi connectivity index (χ4n) is 3.20. The van der Waals surface area contributed by atoms with E-state index in [0.717, 1.165) is 22.6 Å². The minimum atomic E-state index is -0.352. The number of nitrogens with zero attached hydrogens (tertiary/aromatic N) is 3. The van der Waals surface area contributed by atoms with Crippen molar-refractivity contribution in [3.8, 4) is 22.8 Å². The Morgan fingerprint density at radius 2 is 1.70 bits per heavy atom. The summed E-state index contributed by atoms with van der Waals surface area (Å²) >= 11 is 1.28. The Morgan fingerprint density at radius 3 is 2.36 bits per heavy atom. The smallest absolute Gasteiger partial charge is 0.234 e. The summed E-state index contributed by atoms with van der Waals surface area (Å²) in [6.07, 6.45) is 0. The second kappa shape index (κ2) is 10.3. The molecule has 6 nitrogen and oxygen atoms in total. The first-order valence-electron chi connectivity index (χ1n) is 10.5. The number of rotatable bonds is 8. The van der Waals surface area contributed by atoms with Crippen molar-refractivity contribution in [3.63, 3.8) is 0 Å². The van der Waals surface area contributed by atoms with Crippen LogP contribution in [0.3, 0.4) is 0 Å². The normalized spacial score (nSPS) is 10.8. The molecule has 33 heavy (non-hydrogen) atoms. The van der Waals surface area contributed by atoms with Crippen molar-refractivity contribution in [1.82, 2.24) is 14.8 Å². The van der Waals surface area contributed by atoms with E-state index in [1.807, 2.05) is 66.9 Å². The van der Waals surface area contributed by atoms with E-state index in [4.69, 9.17) is 4.74 Å². The molecule has 0 unspecified atom stereocenters. The number of hydrogen-bond acceptors (Lipinski definition) is 5. The van der Waals surface area contributed by atoms with Gasteiger partial charge in [0.15, 0.2) is 11.0 Å². The number of aromatic nitrogens is 3. The lowest BCUT2D eigenvalue weighted by Gasteiger charge is -2.12. The molecule has 1 aromatic heterocycles. The van der Waals surface area contributed by atoms with Crippen molar-refractivity contribution in [2.75, 3.05) is 17.7 Å². The second-order valence-corrected chi connectivity index (χ2v) is 8.22. The topological polar surface area (TPSA) is 69.0 Å². The van der Waals surface area contributed by atoms with Crippen LogP contribution in [0.1, 0.15) is 12.5 Å². The van der Waals surface area contributed by atoms with E-state index in [9.17, 15) is 9.18 Å². The number of ether oxygens (including phenoxy) is 1. The molecule has 1 N–H and O–H groups in total. The van der Waals surface area contributed by atoms with Crippen molar-refractivity contribution in [1.29, 1.82) is 0 Å². The lowest BCUT2D eigenvalue weighted by Crippen LogP contribution is -2.14. The standard InChI is InChI=1S/C25H23FN4O2S/c1-3-32-22-14-12-21(13-15-22)30-24(18-6-4-17(2)5-7-18)28-29-25(30)33-16-23(31)27-20-10-8-19(26)9-11-20/h4-15H,3,16H2,1-2H3,(H,27,31). The predicted molar refractivity (Wildman–Crippen MR) is 128 cm³/mol. The van der Waals surface area contributed by atoms with Crippen LogP contribution in [0.25, 0.3) is 17.1 Å². The van der Waals surface area contributed by atoms with E-state index in [1.54, 1.807) is 0 Å². The third kappa shape index (κ3) is 5.59. The Balaban J connectivity index is 1.59. The van der Waals surface area contributed by atoms with Gasteiger partial charge in [-0.3, -0.25) is 9.36 Å². The lowest BCUT2D eigenvalue weighted by atomic mass is 10.1. The number of halogens is 1. The van der Waals surface area contributed by atoms with Gasteiger partial charge in [-0.1, -0.05) is 41.6 Å². The summed E-state index contributed by atoms with van der Waals surface area (Å²) in [5.74, 6) is 1.01. The summed E-state index contributed by atoms with van der Waals surface area (Å²) in [5, 5.41) is 12.1. The van der Waals surface area contributed by atoms with E-state index >= 15 is 0 Å². The second-order valence-electron chi connectivity index (χ2n) is 7.28. The van der Waals surface area contributed by atoms with E-state index in [1.165, 1.54) is 36.0 Å². The molecule has 0 spiro atoms. The first-order chi connectivity index (χ1) is 16.0. The summed E-state index contributed by atoms with van der Waals surface area (Å²) in [5.41, 5.74) is 3.47. The molecule has 0 saturated carbocycles. The Labute approximate surface area is 195 Å². The van der Waals surface area contributed by atoms with Crippen LogP contribution in [0.15, 0.2) is 78.0 Å². The summed E-state index contributed by atoms with van der Waals surface area (Å²) in [6.45, 7) is 4.56. The minimum Gasteiger partial charge on any atom is -0.494 e. The molecule has 0 fully saturated rings. The molecule has 0 aliphatic rings. The van der Waals surface area contributed by atoms with Crippen molar-refractivity contribution in [3.05, 3.63) is 84.2 Å². The maximum absolute atomic E-state index is 13.1. The number of hydrogen-bond donors (Lipinski definition) is 1. The van der Waals surface area contributed by atoms with Crippen molar-refractivity contribution in [2.24, 2.45) is 0 Å². The maximum atomic E-state index is 13.1.